The lowest BCUT2D eigenvalue weighted by Gasteiger charge is -2.26. The minimum Gasteiger partial charge on any atom is -0.380 e. The van der Waals surface area contributed by atoms with Crippen LogP contribution in [-0.4, -0.2) is 48.3 Å². The van der Waals surface area contributed by atoms with Gasteiger partial charge in [0.2, 0.25) is 5.91 Å². The molecule has 4 heterocycles. The van der Waals surface area contributed by atoms with Gasteiger partial charge < -0.3 is 24.5 Å². The molecule has 4 rings (SSSR count). The Balaban J connectivity index is 1.84. The van der Waals surface area contributed by atoms with Gasteiger partial charge in [0.15, 0.2) is 0 Å². The van der Waals surface area contributed by atoms with Crippen molar-refractivity contribution in [2.75, 3.05) is 32.8 Å². The van der Waals surface area contributed by atoms with Gasteiger partial charge in [-0.2, -0.15) is 0 Å². The van der Waals surface area contributed by atoms with Crippen molar-refractivity contribution in [3.05, 3.63) is 41.9 Å². The Morgan fingerprint density at radius 2 is 2.21 bits per heavy atom. The van der Waals surface area contributed by atoms with E-state index in [0.29, 0.717) is 25.6 Å². The first-order chi connectivity index (χ1) is 14.0. The summed E-state index contributed by atoms with van der Waals surface area (Å²) in [5.74, 6) is 0.330. The van der Waals surface area contributed by atoms with Crippen LogP contribution < -0.4 is 5.32 Å². The van der Waals surface area contributed by atoms with Gasteiger partial charge in [0.25, 0.3) is 0 Å². The van der Waals surface area contributed by atoms with Crippen molar-refractivity contribution < 1.29 is 19.0 Å². The summed E-state index contributed by atoms with van der Waals surface area (Å²) in [5, 5.41) is 3.65. The number of H-pyrrole nitrogens is 1. The number of pyridine rings is 2. The maximum absolute atomic E-state index is 11.4. The van der Waals surface area contributed by atoms with Gasteiger partial charge in [-0.25, -0.2) is 9.97 Å². The van der Waals surface area contributed by atoms with E-state index < -0.39 is 5.60 Å². The molecule has 0 aromatic carbocycles. The summed E-state index contributed by atoms with van der Waals surface area (Å²) in [6.45, 7) is 3.03. The molecule has 3 aromatic rings. The van der Waals surface area contributed by atoms with Crippen LogP contribution in [0.2, 0.25) is 0 Å². The lowest BCUT2D eigenvalue weighted by atomic mass is 9.95. The second-order valence-electron chi connectivity index (χ2n) is 7.18. The van der Waals surface area contributed by atoms with E-state index in [9.17, 15) is 4.79 Å². The standard InChI is InChI=1S/C21H24N4O4/c1-13(26)24-20-8-15-16(9-22-18(15)10-23-20)17-6-14(11-27-2)7-19(25-17)21(28-3)4-5-29-12-21/h6-10,22H,4-5,11-12H2,1-3H3,(H,23,24,26)/t21-/m0/s1. The highest BCUT2D eigenvalue weighted by Gasteiger charge is 2.38. The van der Waals surface area contributed by atoms with Gasteiger partial charge in [0.05, 0.1) is 36.3 Å². The van der Waals surface area contributed by atoms with Gasteiger partial charge in [-0.3, -0.25) is 4.79 Å². The molecule has 0 spiro atoms. The largest absolute Gasteiger partial charge is 0.380 e. The van der Waals surface area contributed by atoms with Crippen LogP contribution >= 0.6 is 0 Å². The van der Waals surface area contributed by atoms with Crippen LogP contribution in [0.3, 0.4) is 0 Å². The molecule has 8 heteroatoms. The monoisotopic (exact) mass is 396 g/mol. The predicted octanol–water partition coefficient (Wildman–Crippen LogP) is 2.99. The highest BCUT2D eigenvalue weighted by atomic mass is 16.5. The third-order valence-corrected chi connectivity index (χ3v) is 5.19. The van der Waals surface area contributed by atoms with Crippen molar-refractivity contribution in [1.29, 1.82) is 0 Å². The van der Waals surface area contributed by atoms with Gasteiger partial charge in [0, 0.05) is 51.3 Å². The molecular formula is C21H24N4O4. The molecule has 1 fully saturated rings. The van der Waals surface area contributed by atoms with Crippen molar-refractivity contribution in [2.45, 2.75) is 25.6 Å². The maximum atomic E-state index is 11.4. The number of carbonyl (C=O) groups is 1. The summed E-state index contributed by atoms with van der Waals surface area (Å²) in [6.07, 6.45) is 4.35. The summed E-state index contributed by atoms with van der Waals surface area (Å²) in [6, 6.07) is 5.87. The first-order valence-corrected chi connectivity index (χ1v) is 9.43. The molecule has 0 bridgehead atoms. The topological polar surface area (TPSA) is 98.4 Å². The molecule has 0 radical (unpaired) electrons. The molecule has 1 aliphatic heterocycles. The third kappa shape index (κ3) is 3.74. The SMILES string of the molecule is COCc1cc(-c2c[nH]c3cnc(NC(C)=O)cc23)nc([C@]2(OC)CCOC2)c1. The minimum absolute atomic E-state index is 0.167. The van der Waals surface area contributed by atoms with Gasteiger partial charge >= 0.3 is 0 Å². The van der Waals surface area contributed by atoms with Crippen molar-refractivity contribution in [3.8, 4) is 11.3 Å². The summed E-state index contributed by atoms with van der Waals surface area (Å²) in [7, 11) is 3.36. The van der Waals surface area contributed by atoms with Crippen LogP contribution in [0.15, 0.2) is 30.6 Å². The highest BCUT2D eigenvalue weighted by molar-refractivity contribution is 5.97. The number of carbonyl (C=O) groups excluding carboxylic acids is 1. The molecule has 152 valence electrons. The predicted molar refractivity (Wildman–Crippen MR) is 108 cm³/mol. The average Bonchev–Trinajstić information content (AvgIpc) is 3.35. The Morgan fingerprint density at radius 1 is 1.34 bits per heavy atom. The molecule has 0 aliphatic carbocycles. The van der Waals surface area contributed by atoms with E-state index in [1.165, 1.54) is 6.92 Å². The number of amides is 1. The Labute approximate surface area is 168 Å². The second-order valence-corrected chi connectivity index (χ2v) is 7.18. The zero-order valence-electron chi connectivity index (χ0n) is 16.7. The molecule has 1 aliphatic rings. The number of nitrogens with zero attached hydrogens (tertiary/aromatic N) is 2. The number of fused-ring (bicyclic) bond motifs is 1. The van der Waals surface area contributed by atoms with E-state index in [4.69, 9.17) is 19.2 Å². The van der Waals surface area contributed by atoms with E-state index in [0.717, 1.165) is 39.8 Å². The fraction of sp³-hybridized carbons (Fsp3) is 0.381. The Bertz CT molecular complexity index is 1040. The fourth-order valence-electron chi connectivity index (χ4n) is 3.70. The average molecular weight is 396 g/mol. The normalized spacial score (nSPS) is 19.0. The number of nitrogens with one attached hydrogen (secondary N) is 2. The van der Waals surface area contributed by atoms with Crippen LogP contribution in [-0.2, 0) is 31.2 Å². The molecule has 2 N–H and O–H groups in total. The Hall–Kier alpha value is -2.81. The molecule has 1 atom stereocenters. The van der Waals surface area contributed by atoms with Gasteiger partial charge in [0.1, 0.15) is 11.4 Å². The van der Waals surface area contributed by atoms with E-state index >= 15 is 0 Å². The zero-order valence-corrected chi connectivity index (χ0v) is 16.7. The highest BCUT2D eigenvalue weighted by Crippen LogP contribution is 2.36. The lowest BCUT2D eigenvalue weighted by molar-refractivity contribution is -0.114. The van der Waals surface area contributed by atoms with Crippen molar-refractivity contribution in [2.24, 2.45) is 0 Å². The molecule has 0 unspecified atom stereocenters. The summed E-state index contributed by atoms with van der Waals surface area (Å²) in [5.41, 5.74) is 3.84. The molecule has 1 saturated heterocycles. The Kier molecular flexibility index (Phi) is 5.31. The van der Waals surface area contributed by atoms with Crippen LogP contribution in [0.5, 0.6) is 0 Å². The number of hydrogen-bond acceptors (Lipinski definition) is 6. The summed E-state index contributed by atoms with van der Waals surface area (Å²) < 4.78 is 16.8. The quantitative estimate of drug-likeness (QED) is 0.665. The maximum Gasteiger partial charge on any atom is 0.222 e. The number of hydrogen-bond donors (Lipinski definition) is 2. The van der Waals surface area contributed by atoms with Gasteiger partial charge in [-0.05, 0) is 23.8 Å². The van der Waals surface area contributed by atoms with E-state index in [1.54, 1.807) is 20.4 Å². The summed E-state index contributed by atoms with van der Waals surface area (Å²) >= 11 is 0. The number of methoxy groups -OCH3 is 2. The molecular weight excluding hydrogens is 372 g/mol. The lowest BCUT2D eigenvalue weighted by Crippen LogP contribution is -2.30. The number of rotatable bonds is 6. The van der Waals surface area contributed by atoms with Crippen molar-refractivity contribution in [3.63, 3.8) is 0 Å². The number of aromatic nitrogens is 3. The zero-order chi connectivity index (χ0) is 20.4. The molecule has 29 heavy (non-hydrogen) atoms. The second kappa shape index (κ2) is 7.90. The fourth-order valence-corrected chi connectivity index (χ4v) is 3.70. The first kappa shape index (κ1) is 19.5. The molecule has 3 aromatic heterocycles. The third-order valence-electron chi connectivity index (χ3n) is 5.19. The van der Waals surface area contributed by atoms with E-state index in [-0.39, 0.29) is 5.91 Å². The van der Waals surface area contributed by atoms with Crippen molar-refractivity contribution >= 4 is 22.6 Å². The molecule has 0 saturated carbocycles. The summed E-state index contributed by atoms with van der Waals surface area (Å²) in [4.78, 5) is 23.8. The number of anilines is 1. The van der Waals surface area contributed by atoms with Gasteiger partial charge in [-0.15, -0.1) is 0 Å². The first-order valence-electron chi connectivity index (χ1n) is 9.43. The number of ether oxygens (including phenoxy) is 3. The van der Waals surface area contributed by atoms with E-state index in [1.807, 2.05) is 24.4 Å². The molecule has 8 nitrogen and oxygen atoms in total. The molecule has 1 amide bonds. The minimum atomic E-state index is -0.562. The van der Waals surface area contributed by atoms with E-state index in [2.05, 4.69) is 15.3 Å². The van der Waals surface area contributed by atoms with Crippen LogP contribution in [0.4, 0.5) is 5.82 Å². The van der Waals surface area contributed by atoms with Crippen LogP contribution in [0, 0.1) is 0 Å². The van der Waals surface area contributed by atoms with Gasteiger partial charge in [-0.1, -0.05) is 0 Å². The van der Waals surface area contributed by atoms with Crippen LogP contribution in [0.1, 0.15) is 24.6 Å². The smallest absolute Gasteiger partial charge is 0.222 e. The van der Waals surface area contributed by atoms with Crippen LogP contribution in [0.25, 0.3) is 22.2 Å². The number of aromatic amines is 1. The Morgan fingerprint density at radius 3 is 2.90 bits per heavy atom. The van der Waals surface area contributed by atoms with Crippen molar-refractivity contribution in [1.82, 2.24) is 15.0 Å².